The number of hydrogen-bond donors (Lipinski definition) is 0. The van der Waals surface area contributed by atoms with Gasteiger partial charge in [-0.3, -0.25) is 0 Å². The fourth-order valence-corrected chi connectivity index (χ4v) is 1.82. The fraction of sp³-hybridized carbons (Fsp3) is 0.867. The third-order valence-electron chi connectivity index (χ3n) is 2.90. The van der Waals surface area contributed by atoms with Gasteiger partial charge < -0.3 is 4.74 Å². The van der Waals surface area contributed by atoms with Crippen LogP contribution in [0.15, 0.2) is 12.2 Å². The first-order chi connectivity index (χ1) is 7.70. The summed E-state index contributed by atoms with van der Waals surface area (Å²) >= 11 is 0. The van der Waals surface area contributed by atoms with E-state index in [4.69, 9.17) is 4.74 Å². The second kappa shape index (κ2) is 11.2. The lowest BCUT2D eigenvalue weighted by Crippen LogP contribution is -2.12. The van der Waals surface area contributed by atoms with Crippen molar-refractivity contribution < 1.29 is 4.74 Å². The highest BCUT2D eigenvalue weighted by molar-refractivity contribution is 4.87. The zero-order valence-electron chi connectivity index (χ0n) is 11.6. The molecule has 0 aliphatic heterocycles. The Balaban J connectivity index is 3.37. The first-order valence-electron chi connectivity index (χ1n) is 6.96. The molecule has 1 heteroatoms. The van der Waals surface area contributed by atoms with Crippen molar-refractivity contribution in [2.24, 2.45) is 0 Å². The van der Waals surface area contributed by atoms with Crippen molar-refractivity contribution >= 4 is 0 Å². The lowest BCUT2D eigenvalue weighted by atomic mass is 10.1. The Bertz CT molecular complexity index is 163. The second-order valence-corrected chi connectivity index (χ2v) is 4.85. The minimum absolute atomic E-state index is 0.447. The molecule has 0 heterocycles. The van der Waals surface area contributed by atoms with Crippen molar-refractivity contribution in [1.29, 1.82) is 0 Å². The fourth-order valence-electron chi connectivity index (χ4n) is 1.82. The van der Waals surface area contributed by atoms with Gasteiger partial charge in [0.05, 0.1) is 12.7 Å². The van der Waals surface area contributed by atoms with Crippen LogP contribution in [0.25, 0.3) is 0 Å². The lowest BCUT2D eigenvalue weighted by molar-refractivity contribution is 0.0589. The molecule has 0 fully saturated rings. The summed E-state index contributed by atoms with van der Waals surface area (Å²) < 4.78 is 5.78. The minimum atomic E-state index is 0.447. The molecular formula is C15H30O. The zero-order chi connectivity index (χ0) is 12.2. The smallest absolute Gasteiger partial charge is 0.0675 e. The van der Waals surface area contributed by atoms with Crippen molar-refractivity contribution in [2.75, 3.05) is 6.61 Å². The van der Waals surface area contributed by atoms with E-state index in [-0.39, 0.29) is 0 Å². The van der Waals surface area contributed by atoms with Gasteiger partial charge in [0.15, 0.2) is 0 Å². The molecule has 0 amide bonds. The molecule has 0 aliphatic rings. The van der Waals surface area contributed by atoms with Crippen LogP contribution in [0.2, 0.25) is 0 Å². The summed E-state index contributed by atoms with van der Waals surface area (Å²) in [5.74, 6) is 0. The van der Waals surface area contributed by atoms with E-state index in [0.717, 1.165) is 18.6 Å². The molecular weight excluding hydrogens is 196 g/mol. The van der Waals surface area contributed by atoms with Crippen LogP contribution in [0.4, 0.5) is 0 Å². The summed E-state index contributed by atoms with van der Waals surface area (Å²) in [7, 11) is 0. The molecule has 1 unspecified atom stereocenters. The topological polar surface area (TPSA) is 9.23 Å². The van der Waals surface area contributed by atoms with Gasteiger partial charge in [0, 0.05) is 0 Å². The molecule has 0 aromatic carbocycles. The first kappa shape index (κ1) is 15.7. The molecule has 0 aromatic heterocycles. The van der Waals surface area contributed by atoms with Crippen LogP contribution in [0, 0.1) is 0 Å². The Morgan fingerprint density at radius 3 is 2.25 bits per heavy atom. The van der Waals surface area contributed by atoms with Gasteiger partial charge in [-0.1, -0.05) is 64.5 Å². The van der Waals surface area contributed by atoms with E-state index in [9.17, 15) is 0 Å². The van der Waals surface area contributed by atoms with E-state index in [1.165, 1.54) is 44.9 Å². The largest absolute Gasteiger partial charge is 0.374 e. The predicted octanol–water partition coefficient (Wildman–Crippen LogP) is 5.11. The number of rotatable bonds is 11. The third-order valence-corrected chi connectivity index (χ3v) is 2.90. The SMILES string of the molecule is C=C(C)COC(CC)CCCCCCCC. The maximum absolute atomic E-state index is 5.78. The van der Waals surface area contributed by atoms with Crippen LogP contribution in [-0.2, 0) is 4.74 Å². The summed E-state index contributed by atoms with van der Waals surface area (Å²) in [6.45, 7) is 11.1. The Kier molecular flexibility index (Phi) is 11.0. The van der Waals surface area contributed by atoms with Crippen molar-refractivity contribution in [2.45, 2.75) is 78.2 Å². The molecule has 16 heavy (non-hydrogen) atoms. The summed E-state index contributed by atoms with van der Waals surface area (Å²) in [5.41, 5.74) is 1.13. The monoisotopic (exact) mass is 226 g/mol. The standard InChI is InChI=1S/C15H30O/c1-5-7-8-9-10-11-12-15(6-2)16-13-14(3)4/h15H,3,5-13H2,1-2,4H3. The number of unbranched alkanes of at least 4 members (excludes halogenated alkanes) is 5. The van der Waals surface area contributed by atoms with Gasteiger partial charge in [-0.2, -0.15) is 0 Å². The molecule has 0 bridgehead atoms. The van der Waals surface area contributed by atoms with Gasteiger partial charge in [0.2, 0.25) is 0 Å². The summed E-state index contributed by atoms with van der Waals surface area (Å²) in [4.78, 5) is 0. The maximum atomic E-state index is 5.78. The summed E-state index contributed by atoms with van der Waals surface area (Å²) in [5, 5.41) is 0. The highest BCUT2D eigenvalue weighted by atomic mass is 16.5. The molecule has 0 aromatic rings. The normalized spacial score (nSPS) is 12.7. The second-order valence-electron chi connectivity index (χ2n) is 4.85. The molecule has 0 radical (unpaired) electrons. The molecule has 0 rings (SSSR count). The molecule has 1 atom stereocenters. The number of hydrogen-bond acceptors (Lipinski definition) is 1. The van der Waals surface area contributed by atoms with Crippen molar-refractivity contribution in [3.05, 3.63) is 12.2 Å². The Morgan fingerprint density at radius 1 is 1.06 bits per heavy atom. The van der Waals surface area contributed by atoms with Crippen LogP contribution in [0.1, 0.15) is 72.1 Å². The minimum Gasteiger partial charge on any atom is -0.374 e. The molecule has 0 saturated heterocycles. The van der Waals surface area contributed by atoms with Crippen LogP contribution >= 0.6 is 0 Å². The highest BCUT2D eigenvalue weighted by Gasteiger charge is 2.05. The number of ether oxygens (including phenoxy) is 1. The van der Waals surface area contributed by atoms with Gasteiger partial charge in [-0.25, -0.2) is 0 Å². The average Bonchev–Trinajstić information content (AvgIpc) is 2.27. The van der Waals surface area contributed by atoms with Crippen molar-refractivity contribution in [3.63, 3.8) is 0 Å². The Morgan fingerprint density at radius 2 is 1.69 bits per heavy atom. The Labute approximate surface area is 102 Å². The maximum Gasteiger partial charge on any atom is 0.0675 e. The summed E-state index contributed by atoms with van der Waals surface area (Å²) in [6, 6.07) is 0. The molecule has 1 nitrogen and oxygen atoms in total. The van der Waals surface area contributed by atoms with Crippen molar-refractivity contribution in [3.8, 4) is 0 Å². The van der Waals surface area contributed by atoms with Gasteiger partial charge in [0.25, 0.3) is 0 Å². The molecule has 0 saturated carbocycles. The van der Waals surface area contributed by atoms with E-state index in [1.54, 1.807) is 0 Å². The molecule has 0 spiro atoms. The van der Waals surface area contributed by atoms with E-state index in [0.29, 0.717) is 6.10 Å². The Hall–Kier alpha value is -0.300. The van der Waals surface area contributed by atoms with Crippen LogP contribution < -0.4 is 0 Å². The van der Waals surface area contributed by atoms with Crippen LogP contribution in [-0.4, -0.2) is 12.7 Å². The predicted molar refractivity (Wildman–Crippen MR) is 72.8 cm³/mol. The van der Waals surface area contributed by atoms with Crippen LogP contribution in [0.5, 0.6) is 0 Å². The quantitative estimate of drug-likeness (QED) is 0.351. The molecule has 0 N–H and O–H groups in total. The average molecular weight is 226 g/mol. The first-order valence-corrected chi connectivity index (χ1v) is 6.96. The van der Waals surface area contributed by atoms with Gasteiger partial charge >= 0.3 is 0 Å². The van der Waals surface area contributed by atoms with Gasteiger partial charge in [-0.15, -0.1) is 0 Å². The van der Waals surface area contributed by atoms with Crippen LogP contribution in [0.3, 0.4) is 0 Å². The summed E-state index contributed by atoms with van der Waals surface area (Å²) in [6.07, 6.45) is 11.0. The lowest BCUT2D eigenvalue weighted by Gasteiger charge is -2.15. The molecule has 96 valence electrons. The third kappa shape index (κ3) is 10.2. The van der Waals surface area contributed by atoms with E-state index in [2.05, 4.69) is 20.4 Å². The van der Waals surface area contributed by atoms with E-state index in [1.807, 2.05) is 6.92 Å². The molecule has 0 aliphatic carbocycles. The van der Waals surface area contributed by atoms with Crippen molar-refractivity contribution in [1.82, 2.24) is 0 Å². The zero-order valence-corrected chi connectivity index (χ0v) is 11.6. The van der Waals surface area contributed by atoms with E-state index < -0.39 is 0 Å². The van der Waals surface area contributed by atoms with Gasteiger partial charge in [0.1, 0.15) is 0 Å². The van der Waals surface area contributed by atoms with Gasteiger partial charge in [-0.05, 0) is 19.8 Å². The van der Waals surface area contributed by atoms with E-state index >= 15 is 0 Å². The highest BCUT2D eigenvalue weighted by Crippen LogP contribution is 2.13.